The molecule has 1 aliphatic heterocycles. The average molecular weight is 416 g/mol. The standard InChI is InChI=1S/C22H29N3O3S/c1-3-24-11-13-25(14-12-24)17-20-8-5-4-7-19(20)16-23-22(26)18-9-6-10-21(15-18)29(2,27)28/h4-10,15H,3,11-14,16-17H2,1-2H3,(H,23,26). The Bertz CT molecular complexity index is 951. The van der Waals surface area contributed by atoms with Crippen molar-refractivity contribution in [2.45, 2.75) is 24.9 Å². The Balaban J connectivity index is 1.63. The second kappa shape index (κ2) is 9.52. The maximum atomic E-state index is 12.5. The topological polar surface area (TPSA) is 69.7 Å². The molecule has 0 aromatic heterocycles. The Morgan fingerprint density at radius 2 is 1.62 bits per heavy atom. The monoisotopic (exact) mass is 415 g/mol. The van der Waals surface area contributed by atoms with E-state index in [-0.39, 0.29) is 10.8 Å². The van der Waals surface area contributed by atoms with Gasteiger partial charge in [-0.2, -0.15) is 0 Å². The molecule has 1 N–H and O–H groups in total. The molecule has 0 spiro atoms. The molecule has 7 heteroatoms. The lowest BCUT2D eigenvalue weighted by molar-refractivity contribution is 0.0950. The fourth-order valence-electron chi connectivity index (χ4n) is 3.53. The molecule has 0 atom stereocenters. The molecule has 2 aromatic rings. The molecular weight excluding hydrogens is 386 g/mol. The summed E-state index contributed by atoms with van der Waals surface area (Å²) in [6, 6.07) is 14.3. The van der Waals surface area contributed by atoms with Gasteiger partial charge in [-0.25, -0.2) is 8.42 Å². The summed E-state index contributed by atoms with van der Waals surface area (Å²) in [4.78, 5) is 17.6. The number of likely N-dealkylation sites (N-methyl/N-ethyl adjacent to an activating group) is 1. The summed E-state index contributed by atoms with van der Waals surface area (Å²) < 4.78 is 23.4. The lowest BCUT2D eigenvalue weighted by Crippen LogP contribution is -2.45. The van der Waals surface area contributed by atoms with Crippen LogP contribution >= 0.6 is 0 Å². The van der Waals surface area contributed by atoms with E-state index in [4.69, 9.17) is 0 Å². The van der Waals surface area contributed by atoms with Crippen LogP contribution in [0.15, 0.2) is 53.4 Å². The number of nitrogens with one attached hydrogen (secondary N) is 1. The van der Waals surface area contributed by atoms with Gasteiger partial charge in [0.1, 0.15) is 0 Å². The van der Waals surface area contributed by atoms with Crippen LogP contribution in [-0.2, 0) is 22.9 Å². The molecule has 1 aliphatic rings. The largest absolute Gasteiger partial charge is 0.348 e. The van der Waals surface area contributed by atoms with Crippen molar-refractivity contribution in [3.8, 4) is 0 Å². The third-order valence-corrected chi connectivity index (χ3v) is 6.50. The van der Waals surface area contributed by atoms with Crippen LogP contribution in [0.1, 0.15) is 28.4 Å². The molecule has 0 bridgehead atoms. The highest BCUT2D eigenvalue weighted by Gasteiger charge is 2.17. The van der Waals surface area contributed by atoms with Gasteiger partial charge in [-0.05, 0) is 35.9 Å². The van der Waals surface area contributed by atoms with E-state index in [2.05, 4.69) is 28.1 Å². The molecule has 156 valence electrons. The maximum Gasteiger partial charge on any atom is 0.251 e. The van der Waals surface area contributed by atoms with E-state index < -0.39 is 9.84 Å². The van der Waals surface area contributed by atoms with Gasteiger partial charge in [-0.15, -0.1) is 0 Å². The number of hydrogen-bond acceptors (Lipinski definition) is 5. The first-order valence-corrected chi connectivity index (χ1v) is 11.9. The predicted molar refractivity (Wildman–Crippen MR) is 115 cm³/mol. The molecule has 0 radical (unpaired) electrons. The number of nitrogens with zero attached hydrogens (tertiary/aromatic N) is 2. The van der Waals surface area contributed by atoms with Crippen LogP contribution in [0.4, 0.5) is 0 Å². The van der Waals surface area contributed by atoms with Crippen LogP contribution in [0.2, 0.25) is 0 Å². The summed E-state index contributed by atoms with van der Waals surface area (Å²) in [5.74, 6) is -0.276. The van der Waals surface area contributed by atoms with Crippen molar-refractivity contribution in [2.75, 3.05) is 39.0 Å². The molecule has 6 nitrogen and oxygen atoms in total. The van der Waals surface area contributed by atoms with Gasteiger partial charge in [-0.1, -0.05) is 37.3 Å². The minimum Gasteiger partial charge on any atom is -0.348 e. The van der Waals surface area contributed by atoms with Gasteiger partial charge in [0.25, 0.3) is 5.91 Å². The van der Waals surface area contributed by atoms with Gasteiger partial charge in [0.2, 0.25) is 0 Å². The van der Waals surface area contributed by atoms with Crippen molar-refractivity contribution in [2.24, 2.45) is 0 Å². The second-order valence-corrected chi connectivity index (χ2v) is 9.48. The van der Waals surface area contributed by atoms with Crippen molar-refractivity contribution in [1.82, 2.24) is 15.1 Å². The van der Waals surface area contributed by atoms with Gasteiger partial charge in [0.15, 0.2) is 9.84 Å². The van der Waals surface area contributed by atoms with Gasteiger partial charge in [0, 0.05) is 51.1 Å². The van der Waals surface area contributed by atoms with Crippen molar-refractivity contribution in [3.63, 3.8) is 0 Å². The van der Waals surface area contributed by atoms with Crippen molar-refractivity contribution >= 4 is 15.7 Å². The Hall–Kier alpha value is -2.22. The molecular formula is C22H29N3O3S. The molecule has 29 heavy (non-hydrogen) atoms. The van der Waals surface area contributed by atoms with E-state index in [0.29, 0.717) is 12.1 Å². The third kappa shape index (κ3) is 5.88. The van der Waals surface area contributed by atoms with Crippen LogP contribution in [0, 0.1) is 0 Å². The summed E-state index contributed by atoms with van der Waals surface area (Å²) in [5.41, 5.74) is 2.64. The van der Waals surface area contributed by atoms with Gasteiger partial charge >= 0.3 is 0 Å². The van der Waals surface area contributed by atoms with Crippen LogP contribution in [0.3, 0.4) is 0 Å². The van der Waals surface area contributed by atoms with Crippen molar-refractivity contribution in [1.29, 1.82) is 0 Å². The summed E-state index contributed by atoms with van der Waals surface area (Å²) in [6.07, 6.45) is 1.14. The first-order chi connectivity index (χ1) is 13.9. The predicted octanol–water partition coefficient (Wildman–Crippen LogP) is 2.16. The van der Waals surface area contributed by atoms with Crippen LogP contribution in [0.5, 0.6) is 0 Å². The summed E-state index contributed by atoms with van der Waals surface area (Å²) in [7, 11) is -3.34. The number of amides is 1. The Morgan fingerprint density at radius 1 is 0.966 bits per heavy atom. The highest BCUT2D eigenvalue weighted by Crippen LogP contribution is 2.15. The van der Waals surface area contributed by atoms with E-state index in [1.54, 1.807) is 12.1 Å². The molecule has 0 aliphatic carbocycles. The number of piperazine rings is 1. The Kier molecular flexibility index (Phi) is 7.05. The fraction of sp³-hybridized carbons (Fsp3) is 0.409. The zero-order valence-electron chi connectivity index (χ0n) is 17.1. The van der Waals surface area contributed by atoms with Crippen molar-refractivity contribution < 1.29 is 13.2 Å². The lowest BCUT2D eigenvalue weighted by atomic mass is 10.1. The highest BCUT2D eigenvalue weighted by atomic mass is 32.2. The van der Waals surface area contributed by atoms with Gasteiger partial charge in [0.05, 0.1) is 4.90 Å². The summed E-state index contributed by atoms with van der Waals surface area (Å²) in [6.45, 7) is 8.84. The van der Waals surface area contributed by atoms with E-state index in [0.717, 1.165) is 51.1 Å². The molecule has 2 aromatic carbocycles. The van der Waals surface area contributed by atoms with E-state index in [1.165, 1.54) is 17.7 Å². The van der Waals surface area contributed by atoms with Crippen LogP contribution in [-0.4, -0.2) is 63.1 Å². The fourth-order valence-corrected chi connectivity index (χ4v) is 4.20. The molecule has 0 unspecified atom stereocenters. The summed E-state index contributed by atoms with van der Waals surface area (Å²) >= 11 is 0. The third-order valence-electron chi connectivity index (χ3n) is 5.39. The van der Waals surface area contributed by atoms with Gasteiger partial charge in [-0.3, -0.25) is 9.69 Å². The number of rotatable bonds is 7. The Morgan fingerprint density at radius 3 is 2.28 bits per heavy atom. The van der Waals surface area contributed by atoms with Crippen LogP contribution in [0.25, 0.3) is 0 Å². The molecule has 1 fully saturated rings. The number of carbonyl (C=O) groups is 1. The van der Waals surface area contributed by atoms with E-state index in [1.807, 2.05) is 18.2 Å². The average Bonchev–Trinajstić information content (AvgIpc) is 2.73. The molecule has 1 amide bonds. The zero-order valence-corrected chi connectivity index (χ0v) is 17.9. The minimum atomic E-state index is -3.34. The number of hydrogen-bond donors (Lipinski definition) is 1. The van der Waals surface area contributed by atoms with E-state index >= 15 is 0 Å². The Labute approximate surface area is 173 Å². The number of benzene rings is 2. The minimum absolute atomic E-state index is 0.150. The molecule has 1 heterocycles. The molecule has 1 saturated heterocycles. The first kappa shape index (κ1) is 21.5. The quantitative estimate of drug-likeness (QED) is 0.751. The first-order valence-electron chi connectivity index (χ1n) is 9.96. The molecule has 3 rings (SSSR count). The highest BCUT2D eigenvalue weighted by molar-refractivity contribution is 7.90. The smallest absolute Gasteiger partial charge is 0.251 e. The van der Waals surface area contributed by atoms with Crippen molar-refractivity contribution in [3.05, 3.63) is 65.2 Å². The maximum absolute atomic E-state index is 12.5. The SMILES string of the molecule is CCN1CCN(Cc2ccccc2CNC(=O)c2cccc(S(C)(=O)=O)c2)CC1. The second-order valence-electron chi connectivity index (χ2n) is 7.46. The van der Waals surface area contributed by atoms with Gasteiger partial charge < -0.3 is 10.2 Å². The molecule has 0 saturated carbocycles. The number of sulfone groups is 1. The number of carbonyl (C=O) groups excluding carboxylic acids is 1. The van der Waals surface area contributed by atoms with Crippen LogP contribution < -0.4 is 5.32 Å². The van der Waals surface area contributed by atoms with E-state index in [9.17, 15) is 13.2 Å². The lowest BCUT2D eigenvalue weighted by Gasteiger charge is -2.34. The normalized spacial score (nSPS) is 15.9. The zero-order chi connectivity index (χ0) is 20.9. The summed E-state index contributed by atoms with van der Waals surface area (Å²) in [5, 5.41) is 2.93.